The summed E-state index contributed by atoms with van der Waals surface area (Å²) in [6.07, 6.45) is 37.3. The van der Waals surface area contributed by atoms with Gasteiger partial charge in [0.15, 0.2) is 0 Å². The van der Waals surface area contributed by atoms with Gasteiger partial charge in [0.1, 0.15) is 12.1 Å². The summed E-state index contributed by atoms with van der Waals surface area (Å²) in [5.41, 5.74) is 0. The van der Waals surface area contributed by atoms with Crippen LogP contribution in [0.1, 0.15) is 129 Å². The minimum Gasteiger partial charge on any atom is -0.480 e. The molecule has 266 valence electrons. The molecule has 0 aromatic rings. The normalized spacial score (nSPS) is 13.3. The van der Waals surface area contributed by atoms with Gasteiger partial charge in [-0.15, -0.1) is 0 Å². The number of rotatable bonds is 30. The van der Waals surface area contributed by atoms with Gasteiger partial charge in [-0.1, -0.05) is 101 Å². The third-order valence-electron chi connectivity index (χ3n) is 7.21. The number of aliphatic hydroxyl groups excluding tert-OH is 1. The molecule has 0 heterocycles. The molecule has 0 aromatic heterocycles. The molecule has 0 aliphatic carbocycles. The fourth-order valence-corrected chi connectivity index (χ4v) is 4.50. The van der Waals surface area contributed by atoms with E-state index in [4.69, 9.17) is 14.9 Å². The zero-order valence-electron chi connectivity index (χ0n) is 29.0. The Bertz CT molecular complexity index is 985. The number of carbonyl (C=O) groups is 4. The van der Waals surface area contributed by atoms with E-state index in [2.05, 4.69) is 79.2 Å². The molecule has 0 fully saturated rings. The van der Waals surface area contributed by atoms with Crippen LogP contribution in [-0.2, 0) is 23.9 Å². The first-order valence-electron chi connectivity index (χ1n) is 17.7. The Hall–Kier alpha value is -3.46. The lowest BCUT2D eigenvalue weighted by Crippen LogP contribution is -2.47. The largest absolute Gasteiger partial charge is 0.480 e. The van der Waals surface area contributed by atoms with Crippen LogP contribution in [0.3, 0.4) is 0 Å². The molecule has 0 bridgehead atoms. The SMILES string of the molecule is CC/C=C\C/C=C\C/C=C\C/C=C\CCCCCCC(=O)OC(/C=C\CCC)CCCCCCC(=O)NCC(=O)NC(CO)C(=O)O. The molecule has 4 N–H and O–H groups in total. The molecule has 2 atom stereocenters. The number of carboxylic acids is 1. The summed E-state index contributed by atoms with van der Waals surface area (Å²) >= 11 is 0. The van der Waals surface area contributed by atoms with E-state index in [1.165, 1.54) is 0 Å². The van der Waals surface area contributed by atoms with Gasteiger partial charge in [-0.05, 0) is 76.7 Å². The van der Waals surface area contributed by atoms with Crippen LogP contribution in [0.5, 0.6) is 0 Å². The number of nitrogens with one attached hydrogen (secondary N) is 2. The monoisotopic (exact) mass is 658 g/mol. The topological polar surface area (TPSA) is 142 Å². The summed E-state index contributed by atoms with van der Waals surface area (Å²) in [5, 5.41) is 22.4. The second-order valence-electron chi connectivity index (χ2n) is 11.6. The van der Waals surface area contributed by atoms with Crippen molar-refractivity contribution in [1.29, 1.82) is 0 Å². The van der Waals surface area contributed by atoms with Gasteiger partial charge < -0.3 is 25.6 Å². The summed E-state index contributed by atoms with van der Waals surface area (Å²) in [7, 11) is 0. The van der Waals surface area contributed by atoms with Crippen molar-refractivity contribution >= 4 is 23.8 Å². The molecule has 9 heteroatoms. The van der Waals surface area contributed by atoms with E-state index in [9.17, 15) is 19.2 Å². The van der Waals surface area contributed by atoms with Crippen molar-refractivity contribution in [2.24, 2.45) is 0 Å². The highest BCUT2D eigenvalue weighted by atomic mass is 16.5. The van der Waals surface area contributed by atoms with Crippen molar-refractivity contribution in [3.63, 3.8) is 0 Å². The van der Waals surface area contributed by atoms with Gasteiger partial charge in [0, 0.05) is 12.8 Å². The Balaban J connectivity index is 4.05. The van der Waals surface area contributed by atoms with Crippen molar-refractivity contribution < 1.29 is 34.1 Å². The van der Waals surface area contributed by atoms with Crippen molar-refractivity contribution in [3.8, 4) is 0 Å². The molecule has 0 saturated carbocycles. The number of unbranched alkanes of at least 4 members (excludes halogenated alkanes) is 8. The number of aliphatic carboxylic acids is 1. The smallest absolute Gasteiger partial charge is 0.328 e. The van der Waals surface area contributed by atoms with E-state index >= 15 is 0 Å². The summed E-state index contributed by atoms with van der Waals surface area (Å²) in [6.45, 7) is 3.19. The van der Waals surface area contributed by atoms with Gasteiger partial charge in [0.05, 0.1) is 13.2 Å². The van der Waals surface area contributed by atoms with Crippen LogP contribution >= 0.6 is 0 Å². The summed E-state index contributed by atoms with van der Waals surface area (Å²) < 4.78 is 5.77. The Kier molecular flexibility index (Phi) is 30.1. The van der Waals surface area contributed by atoms with E-state index in [-0.39, 0.29) is 30.9 Å². The number of carboxylic acid groups (broad SMARTS) is 1. The van der Waals surface area contributed by atoms with Gasteiger partial charge >= 0.3 is 11.9 Å². The highest BCUT2D eigenvalue weighted by Gasteiger charge is 2.18. The summed E-state index contributed by atoms with van der Waals surface area (Å²) in [4.78, 5) is 47.0. The lowest BCUT2D eigenvalue weighted by molar-refractivity contribution is -0.147. The molecule has 2 unspecified atom stereocenters. The second kappa shape index (κ2) is 32.5. The summed E-state index contributed by atoms with van der Waals surface area (Å²) in [6, 6.07) is -1.39. The molecule has 0 spiro atoms. The van der Waals surface area contributed by atoms with E-state index in [0.29, 0.717) is 12.8 Å². The number of aliphatic hydroxyl groups is 1. The lowest BCUT2D eigenvalue weighted by atomic mass is 10.1. The third kappa shape index (κ3) is 29.7. The van der Waals surface area contributed by atoms with Crippen molar-refractivity contribution in [3.05, 3.63) is 60.8 Å². The first-order chi connectivity index (χ1) is 22.8. The predicted octanol–water partition coefficient (Wildman–Crippen LogP) is 7.42. The molecule has 0 rings (SSSR count). The molecular formula is C38H62N2O7. The zero-order chi connectivity index (χ0) is 34.8. The number of esters is 1. The van der Waals surface area contributed by atoms with Crippen molar-refractivity contribution in [2.45, 2.75) is 142 Å². The number of hydrogen-bond donors (Lipinski definition) is 4. The highest BCUT2D eigenvalue weighted by molar-refractivity contribution is 5.87. The highest BCUT2D eigenvalue weighted by Crippen LogP contribution is 2.14. The van der Waals surface area contributed by atoms with Gasteiger partial charge in [-0.2, -0.15) is 0 Å². The molecule has 0 radical (unpaired) electrons. The van der Waals surface area contributed by atoms with Gasteiger partial charge in [0.2, 0.25) is 11.8 Å². The van der Waals surface area contributed by atoms with Crippen LogP contribution in [0.2, 0.25) is 0 Å². The van der Waals surface area contributed by atoms with Crippen LogP contribution < -0.4 is 10.6 Å². The zero-order valence-corrected chi connectivity index (χ0v) is 29.0. The van der Waals surface area contributed by atoms with Crippen LogP contribution in [0.4, 0.5) is 0 Å². The number of hydrogen-bond acceptors (Lipinski definition) is 6. The molecule has 47 heavy (non-hydrogen) atoms. The molecule has 2 amide bonds. The van der Waals surface area contributed by atoms with Gasteiger partial charge in [-0.3, -0.25) is 14.4 Å². The number of carbonyl (C=O) groups excluding carboxylic acids is 3. The maximum Gasteiger partial charge on any atom is 0.328 e. The molecule has 0 saturated heterocycles. The third-order valence-corrected chi connectivity index (χ3v) is 7.21. The maximum atomic E-state index is 12.5. The van der Waals surface area contributed by atoms with E-state index in [1.54, 1.807) is 0 Å². The Morgan fingerprint density at radius 2 is 1.28 bits per heavy atom. The van der Waals surface area contributed by atoms with Crippen LogP contribution in [0.15, 0.2) is 60.8 Å². The minimum atomic E-state index is -1.39. The average molecular weight is 659 g/mol. The van der Waals surface area contributed by atoms with Crippen LogP contribution in [0, 0.1) is 0 Å². The summed E-state index contributed by atoms with van der Waals surface area (Å²) in [5.74, 6) is -2.45. The molecule has 0 aliphatic heterocycles. The van der Waals surface area contributed by atoms with Gasteiger partial charge in [-0.25, -0.2) is 4.79 Å². The standard InChI is InChI=1S/C38H62N2O7/c1-3-5-7-8-9-10-11-12-13-14-15-16-17-18-19-20-26-30-37(44)47-33(27-23-6-4-2)28-24-21-22-25-29-35(42)39-31-36(43)40-34(32-41)38(45)46/h5,7,9-10,12-13,15-16,23,27,33-34,41H,3-4,6,8,11,14,17-22,24-26,28-32H2,1-2H3,(H,39,42)(H,40,43)(H,45,46)/b7-5-,10-9-,13-12-,16-15-,27-23-. The Morgan fingerprint density at radius 3 is 1.89 bits per heavy atom. The van der Waals surface area contributed by atoms with Gasteiger partial charge in [0.25, 0.3) is 0 Å². The van der Waals surface area contributed by atoms with Crippen molar-refractivity contribution in [2.75, 3.05) is 13.2 Å². The molecule has 0 aromatic carbocycles. The first-order valence-corrected chi connectivity index (χ1v) is 17.7. The van der Waals surface area contributed by atoms with E-state index in [0.717, 1.165) is 96.3 Å². The number of allylic oxidation sites excluding steroid dienone is 9. The first kappa shape index (κ1) is 43.5. The fraction of sp³-hybridized carbons (Fsp3) is 0.632. The lowest BCUT2D eigenvalue weighted by Gasteiger charge is -2.15. The number of ether oxygens (including phenoxy) is 1. The van der Waals surface area contributed by atoms with Crippen molar-refractivity contribution in [1.82, 2.24) is 10.6 Å². The van der Waals surface area contributed by atoms with Crippen LogP contribution in [0.25, 0.3) is 0 Å². The average Bonchev–Trinajstić information content (AvgIpc) is 3.05. The fourth-order valence-electron chi connectivity index (χ4n) is 4.50. The molecule has 9 nitrogen and oxygen atoms in total. The quantitative estimate of drug-likeness (QED) is 0.0357. The molecule has 0 aliphatic rings. The Morgan fingerprint density at radius 1 is 0.681 bits per heavy atom. The molecular weight excluding hydrogens is 596 g/mol. The van der Waals surface area contributed by atoms with E-state index in [1.807, 2.05) is 6.08 Å². The number of amides is 2. The Labute approximate surface area is 283 Å². The predicted molar refractivity (Wildman–Crippen MR) is 190 cm³/mol. The second-order valence-corrected chi connectivity index (χ2v) is 11.6. The van der Waals surface area contributed by atoms with E-state index < -0.39 is 24.5 Å². The maximum absolute atomic E-state index is 12.5. The minimum absolute atomic E-state index is 0.149. The van der Waals surface area contributed by atoms with Crippen LogP contribution in [-0.4, -0.2) is 59.3 Å².